The molecule has 0 aliphatic carbocycles. The standard InChI is InChI=1S/C15H14ClNOS/c1-19-14-8-4-12(5-9-14)15(18)17-13-6-2-11(10-16)3-7-13/h2-9H,10H2,1H3,(H,17,18). The minimum atomic E-state index is -0.105. The Labute approximate surface area is 122 Å². The van der Waals surface area contributed by atoms with E-state index in [9.17, 15) is 4.79 Å². The highest BCUT2D eigenvalue weighted by Crippen LogP contribution is 2.16. The fraction of sp³-hybridized carbons (Fsp3) is 0.133. The number of anilines is 1. The van der Waals surface area contributed by atoms with Crippen molar-refractivity contribution in [2.45, 2.75) is 10.8 Å². The first-order valence-corrected chi connectivity index (χ1v) is 7.59. The number of alkyl halides is 1. The van der Waals surface area contributed by atoms with E-state index in [0.29, 0.717) is 11.4 Å². The van der Waals surface area contributed by atoms with Crippen LogP contribution in [0, 0.1) is 0 Å². The SMILES string of the molecule is CSc1ccc(C(=O)Nc2ccc(CCl)cc2)cc1. The van der Waals surface area contributed by atoms with Crippen LogP contribution in [0.2, 0.25) is 0 Å². The molecule has 4 heteroatoms. The first-order valence-electron chi connectivity index (χ1n) is 5.83. The second kappa shape index (κ2) is 6.64. The zero-order valence-corrected chi connectivity index (χ0v) is 12.1. The molecule has 19 heavy (non-hydrogen) atoms. The lowest BCUT2D eigenvalue weighted by Crippen LogP contribution is -2.11. The van der Waals surface area contributed by atoms with Gasteiger partial charge in [0.1, 0.15) is 0 Å². The number of amides is 1. The molecular formula is C15H14ClNOS. The Morgan fingerprint density at radius 3 is 2.26 bits per heavy atom. The number of thioether (sulfide) groups is 1. The van der Waals surface area contributed by atoms with Gasteiger partial charge in [0.15, 0.2) is 0 Å². The van der Waals surface area contributed by atoms with Gasteiger partial charge in [-0.2, -0.15) is 0 Å². The normalized spacial score (nSPS) is 10.2. The Bertz CT molecular complexity index is 551. The molecule has 0 aliphatic rings. The first kappa shape index (κ1) is 14.0. The summed E-state index contributed by atoms with van der Waals surface area (Å²) in [5, 5.41) is 2.86. The second-order valence-corrected chi connectivity index (χ2v) is 5.16. The molecule has 0 bridgehead atoms. The van der Waals surface area contributed by atoms with Gasteiger partial charge in [-0.15, -0.1) is 23.4 Å². The molecule has 98 valence electrons. The fourth-order valence-electron chi connectivity index (χ4n) is 1.62. The highest BCUT2D eigenvalue weighted by molar-refractivity contribution is 7.98. The molecule has 0 saturated heterocycles. The van der Waals surface area contributed by atoms with E-state index < -0.39 is 0 Å². The first-order chi connectivity index (χ1) is 9.22. The summed E-state index contributed by atoms with van der Waals surface area (Å²) in [7, 11) is 0. The van der Waals surface area contributed by atoms with Crippen molar-refractivity contribution in [3.8, 4) is 0 Å². The molecule has 2 rings (SSSR count). The number of carbonyl (C=O) groups excluding carboxylic acids is 1. The third-order valence-corrected chi connectivity index (χ3v) is 3.77. The maximum absolute atomic E-state index is 12.0. The van der Waals surface area contributed by atoms with E-state index in [0.717, 1.165) is 16.1 Å². The number of halogens is 1. The molecule has 0 radical (unpaired) electrons. The van der Waals surface area contributed by atoms with E-state index in [1.807, 2.05) is 54.8 Å². The largest absolute Gasteiger partial charge is 0.322 e. The maximum Gasteiger partial charge on any atom is 0.255 e. The number of benzene rings is 2. The molecular weight excluding hydrogens is 278 g/mol. The van der Waals surface area contributed by atoms with E-state index in [1.54, 1.807) is 11.8 Å². The summed E-state index contributed by atoms with van der Waals surface area (Å²) < 4.78 is 0. The van der Waals surface area contributed by atoms with Gasteiger partial charge in [-0.3, -0.25) is 4.79 Å². The summed E-state index contributed by atoms with van der Waals surface area (Å²) in [5.41, 5.74) is 2.45. The van der Waals surface area contributed by atoms with Gasteiger partial charge in [-0.05, 0) is 48.2 Å². The van der Waals surface area contributed by atoms with Crippen molar-refractivity contribution in [1.82, 2.24) is 0 Å². The lowest BCUT2D eigenvalue weighted by atomic mass is 10.2. The molecule has 2 aromatic carbocycles. The molecule has 1 amide bonds. The van der Waals surface area contributed by atoms with Crippen molar-refractivity contribution in [3.05, 3.63) is 59.7 Å². The summed E-state index contributed by atoms with van der Waals surface area (Å²) in [6, 6.07) is 15.0. The zero-order valence-electron chi connectivity index (χ0n) is 10.5. The quantitative estimate of drug-likeness (QED) is 0.668. The summed E-state index contributed by atoms with van der Waals surface area (Å²) in [6.45, 7) is 0. The van der Waals surface area contributed by atoms with Crippen LogP contribution < -0.4 is 5.32 Å². The molecule has 0 aromatic heterocycles. The molecule has 0 heterocycles. The van der Waals surface area contributed by atoms with Crippen molar-refractivity contribution in [1.29, 1.82) is 0 Å². The van der Waals surface area contributed by atoms with Crippen molar-refractivity contribution in [2.75, 3.05) is 11.6 Å². The van der Waals surface area contributed by atoms with Crippen LogP contribution in [0.3, 0.4) is 0 Å². The molecule has 0 atom stereocenters. The lowest BCUT2D eigenvalue weighted by Gasteiger charge is -2.06. The smallest absolute Gasteiger partial charge is 0.255 e. The van der Waals surface area contributed by atoms with Crippen molar-refractivity contribution in [3.63, 3.8) is 0 Å². The molecule has 0 fully saturated rings. The minimum Gasteiger partial charge on any atom is -0.322 e. The van der Waals surface area contributed by atoms with Crippen LogP contribution >= 0.6 is 23.4 Å². The summed E-state index contributed by atoms with van der Waals surface area (Å²) >= 11 is 7.37. The highest BCUT2D eigenvalue weighted by Gasteiger charge is 2.05. The predicted molar refractivity (Wildman–Crippen MR) is 82.2 cm³/mol. The van der Waals surface area contributed by atoms with Crippen LogP contribution in [0.1, 0.15) is 15.9 Å². The topological polar surface area (TPSA) is 29.1 Å². The molecule has 0 aliphatic heterocycles. The second-order valence-electron chi connectivity index (χ2n) is 4.01. The average molecular weight is 292 g/mol. The lowest BCUT2D eigenvalue weighted by molar-refractivity contribution is 0.102. The Morgan fingerprint density at radius 2 is 1.74 bits per heavy atom. The summed E-state index contributed by atoms with van der Waals surface area (Å²) in [6.07, 6.45) is 2.01. The van der Waals surface area contributed by atoms with Gasteiger partial charge in [-0.1, -0.05) is 12.1 Å². The predicted octanol–water partition coefficient (Wildman–Crippen LogP) is 4.40. The highest BCUT2D eigenvalue weighted by atomic mass is 35.5. The Balaban J connectivity index is 2.06. The van der Waals surface area contributed by atoms with Crippen molar-refractivity contribution < 1.29 is 4.79 Å². The number of hydrogen-bond acceptors (Lipinski definition) is 2. The zero-order chi connectivity index (χ0) is 13.7. The Kier molecular flexibility index (Phi) is 4.88. The van der Waals surface area contributed by atoms with Gasteiger partial charge in [0, 0.05) is 22.0 Å². The van der Waals surface area contributed by atoms with Gasteiger partial charge in [-0.25, -0.2) is 0 Å². The number of carbonyl (C=O) groups is 1. The monoisotopic (exact) mass is 291 g/mol. The number of nitrogens with one attached hydrogen (secondary N) is 1. The van der Waals surface area contributed by atoms with E-state index in [-0.39, 0.29) is 5.91 Å². The van der Waals surface area contributed by atoms with Crippen molar-refractivity contribution >= 4 is 35.0 Å². The van der Waals surface area contributed by atoms with Crippen LogP contribution in [0.15, 0.2) is 53.4 Å². The van der Waals surface area contributed by atoms with Crippen LogP contribution in [0.25, 0.3) is 0 Å². The van der Waals surface area contributed by atoms with E-state index in [1.165, 1.54) is 0 Å². The van der Waals surface area contributed by atoms with Crippen LogP contribution in [0.5, 0.6) is 0 Å². The Hall–Kier alpha value is -1.45. The maximum atomic E-state index is 12.0. The van der Waals surface area contributed by atoms with E-state index >= 15 is 0 Å². The van der Waals surface area contributed by atoms with E-state index in [2.05, 4.69) is 5.32 Å². The molecule has 2 nitrogen and oxygen atoms in total. The minimum absolute atomic E-state index is 0.105. The summed E-state index contributed by atoms with van der Waals surface area (Å²) in [5.74, 6) is 0.371. The number of rotatable bonds is 4. The van der Waals surface area contributed by atoms with Gasteiger partial charge < -0.3 is 5.32 Å². The van der Waals surface area contributed by atoms with Crippen LogP contribution in [-0.4, -0.2) is 12.2 Å². The van der Waals surface area contributed by atoms with Crippen LogP contribution in [-0.2, 0) is 5.88 Å². The molecule has 0 spiro atoms. The summed E-state index contributed by atoms with van der Waals surface area (Å²) in [4.78, 5) is 13.2. The van der Waals surface area contributed by atoms with Gasteiger partial charge in [0.05, 0.1) is 0 Å². The Morgan fingerprint density at radius 1 is 1.11 bits per heavy atom. The van der Waals surface area contributed by atoms with E-state index in [4.69, 9.17) is 11.6 Å². The van der Waals surface area contributed by atoms with Crippen molar-refractivity contribution in [2.24, 2.45) is 0 Å². The third kappa shape index (κ3) is 3.75. The van der Waals surface area contributed by atoms with Crippen LogP contribution in [0.4, 0.5) is 5.69 Å². The average Bonchev–Trinajstić information content (AvgIpc) is 2.48. The molecule has 0 saturated carbocycles. The number of hydrogen-bond donors (Lipinski definition) is 1. The third-order valence-electron chi connectivity index (χ3n) is 2.72. The van der Waals surface area contributed by atoms with Gasteiger partial charge in [0.2, 0.25) is 0 Å². The van der Waals surface area contributed by atoms with Gasteiger partial charge >= 0.3 is 0 Å². The molecule has 0 unspecified atom stereocenters. The fourth-order valence-corrected chi connectivity index (χ4v) is 2.21. The molecule has 1 N–H and O–H groups in total. The van der Waals surface area contributed by atoms with Gasteiger partial charge in [0.25, 0.3) is 5.91 Å². The molecule has 2 aromatic rings.